The molecule has 2 nitrogen and oxygen atoms in total. The summed E-state index contributed by atoms with van der Waals surface area (Å²) in [4.78, 5) is 2.44. The van der Waals surface area contributed by atoms with Crippen LogP contribution in [0.15, 0.2) is 0 Å². The predicted molar refractivity (Wildman–Crippen MR) is 60.4 cm³/mol. The minimum Gasteiger partial charge on any atom is -0.389 e. The standard InChI is InChI=1S/C12H25NO/c1-11(2,12(3,4)14)13-9-7-5-6-8-10-13/h14H,5-10H2,1-4H3. The Morgan fingerprint density at radius 3 is 1.64 bits per heavy atom. The molecule has 2 heteroatoms. The Hall–Kier alpha value is -0.0800. The second-order valence-electron chi connectivity index (χ2n) is 5.52. The minimum absolute atomic E-state index is 0.114. The van der Waals surface area contributed by atoms with Gasteiger partial charge >= 0.3 is 0 Å². The number of hydrogen-bond acceptors (Lipinski definition) is 2. The van der Waals surface area contributed by atoms with Gasteiger partial charge < -0.3 is 5.11 Å². The highest BCUT2D eigenvalue weighted by Gasteiger charge is 2.39. The number of rotatable bonds is 2. The fourth-order valence-corrected chi connectivity index (χ4v) is 2.02. The van der Waals surface area contributed by atoms with E-state index >= 15 is 0 Å². The quantitative estimate of drug-likeness (QED) is 0.738. The molecule has 0 unspecified atom stereocenters. The lowest BCUT2D eigenvalue weighted by Crippen LogP contribution is -2.58. The van der Waals surface area contributed by atoms with Crippen molar-refractivity contribution in [3.8, 4) is 0 Å². The molecule has 0 saturated carbocycles. The lowest BCUT2D eigenvalue weighted by atomic mass is 9.84. The number of aliphatic hydroxyl groups is 1. The van der Waals surface area contributed by atoms with Crippen molar-refractivity contribution in [1.82, 2.24) is 4.90 Å². The van der Waals surface area contributed by atoms with Crippen molar-refractivity contribution < 1.29 is 5.11 Å². The molecular formula is C12H25NO. The summed E-state index contributed by atoms with van der Waals surface area (Å²) in [5.74, 6) is 0. The molecule has 0 bridgehead atoms. The highest BCUT2D eigenvalue weighted by atomic mass is 16.3. The fourth-order valence-electron chi connectivity index (χ4n) is 2.02. The average molecular weight is 199 g/mol. The molecule has 14 heavy (non-hydrogen) atoms. The molecule has 1 heterocycles. The highest BCUT2D eigenvalue weighted by Crippen LogP contribution is 2.29. The van der Waals surface area contributed by atoms with Gasteiger partial charge in [-0.2, -0.15) is 0 Å². The van der Waals surface area contributed by atoms with Crippen molar-refractivity contribution in [3.63, 3.8) is 0 Å². The summed E-state index contributed by atoms with van der Waals surface area (Å²) in [5, 5.41) is 10.1. The van der Waals surface area contributed by atoms with E-state index in [-0.39, 0.29) is 5.54 Å². The van der Waals surface area contributed by atoms with Gasteiger partial charge in [0.05, 0.1) is 5.60 Å². The summed E-state index contributed by atoms with van der Waals surface area (Å²) >= 11 is 0. The van der Waals surface area contributed by atoms with Crippen LogP contribution in [0.1, 0.15) is 53.4 Å². The van der Waals surface area contributed by atoms with E-state index in [2.05, 4.69) is 18.7 Å². The molecule has 0 aromatic rings. The van der Waals surface area contributed by atoms with Gasteiger partial charge in [0, 0.05) is 5.54 Å². The third-order valence-corrected chi connectivity index (χ3v) is 3.89. The van der Waals surface area contributed by atoms with E-state index in [1.165, 1.54) is 25.7 Å². The van der Waals surface area contributed by atoms with Crippen molar-refractivity contribution in [3.05, 3.63) is 0 Å². The fraction of sp³-hybridized carbons (Fsp3) is 1.00. The maximum absolute atomic E-state index is 10.1. The topological polar surface area (TPSA) is 23.5 Å². The van der Waals surface area contributed by atoms with Crippen LogP contribution < -0.4 is 0 Å². The zero-order valence-electron chi connectivity index (χ0n) is 10.1. The molecule has 0 aromatic carbocycles. The van der Waals surface area contributed by atoms with Crippen LogP contribution in [0.5, 0.6) is 0 Å². The molecule has 1 saturated heterocycles. The first-order valence-electron chi connectivity index (χ1n) is 5.83. The summed E-state index contributed by atoms with van der Waals surface area (Å²) in [7, 11) is 0. The molecule has 0 aliphatic carbocycles. The SMILES string of the molecule is CC(C)(O)C(C)(C)N1CCCCCC1. The molecule has 1 fully saturated rings. The molecule has 0 radical (unpaired) electrons. The first-order chi connectivity index (χ1) is 6.36. The average Bonchev–Trinajstić information content (AvgIpc) is 2.29. The van der Waals surface area contributed by atoms with Crippen molar-refractivity contribution in [2.45, 2.75) is 64.5 Å². The maximum Gasteiger partial charge on any atom is 0.0769 e. The molecule has 0 aromatic heterocycles. The minimum atomic E-state index is -0.628. The molecule has 1 N–H and O–H groups in total. The van der Waals surface area contributed by atoms with Crippen LogP contribution in [0.2, 0.25) is 0 Å². The van der Waals surface area contributed by atoms with Gasteiger partial charge in [-0.1, -0.05) is 12.8 Å². The summed E-state index contributed by atoms with van der Waals surface area (Å²) in [6.45, 7) is 10.4. The Morgan fingerprint density at radius 2 is 1.29 bits per heavy atom. The van der Waals surface area contributed by atoms with E-state index in [1.807, 2.05) is 13.8 Å². The number of nitrogens with zero attached hydrogens (tertiary/aromatic N) is 1. The molecule has 0 atom stereocenters. The molecule has 0 amide bonds. The third-order valence-electron chi connectivity index (χ3n) is 3.89. The highest BCUT2D eigenvalue weighted by molar-refractivity contribution is 4.95. The van der Waals surface area contributed by atoms with Gasteiger partial charge in [-0.25, -0.2) is 0 Å². The molecule has 1 aliphatic rings. The zero-order valence-corrected chi connectivity index (χ0v) is 10.1. The monoisotopic (exact) mass is 199 g/mol. The van der Waals surface area contributed by atoms with E-state index in [9.17, 15) is 5.11 Å². The summed E-state index contributed by atoms with van der Waals surface area (Å²) in [6.07, 6.45) is 5.25. The number of likely N-dealkylation sites (tertiary alicyclic amines) is 1. The first-order valence-corrected chi connectivity index (χ1v) is 5.83. The van der Waals surface area contributed by atoms with Gasteiger partial charge in [0.2, 0.25) is 0 Å². The summed E-state index contributed by atoms with van der Waals surface area (Å²) in [6, 6.07) is 0. The Morgan fingerprint density at radius 1 is 0.857 bits per heavy atom. The Kier molecular flexibility index (Phi) is 3.59. The Labute approximate surface area is 88.3 Å². The lowest BCUT2D eigenvalue weighted by Gasteiger charge is -2.46. The largest absolute Gasteiger partial charge is 0.389 e. The van der Waals surface area contributed by atoms with Gasteiger partial charge in [0.1, 0.15) is 0 Å². The maximum atomic E-state index is 10.1. The Balaban J connectivity index is 2.69. The Bertz CT molecular complexity index is 173. The lowest BCUT2D eigenvalue weighted by molar-refractivity contribution is -0.0714. The van der Waals surface area contributed by atoms with Crippen LogP contribution in [0.3, 0.4) is 0 Å². The van der Waals surface area contributed by atoms with E-state index in [1.54, 1.807) is 0 Å². The van der Waals surface area contributed by atoms with E-state index in [0.717, 1.165) is 13.1 Å². The third kappa shape index (κ3) is 2.48. The van der Waals surface area contributed by atoms with Crippen LogP contribution in [-0.2, 0) is 0 Å². The molecule has 1 aliphatic heterocycles. The van der Waals surface area contributed by atoms with Crippen LogP contribution in [0, 0.1) is 0 Å². The van der Waals surface area contributed by atoms with Gasteiger partial charge in [0.25, 0.3) is 0 Å². The van der Waals surface area contributed by atoms with Gasteiger partial charge in [-0.05, 0) is 53.6 Å². The predicted octanol–water partition coefficient (Wildman–Crippen LogP) is 2.41. The van der Waals surface area contributed by atoms with E-state index in [4.69, 9.17) is 0 Å². The van der Waals surface area contributed by atoms with Gasteiger partial charge in [-0.3, -0.25) is 4.90 Å². The van der Waals surface area contributed by atoms with Crippen LogP contribution in [-0.4, -0.2) is 34.2 Å². The van der Waals surface area contributed by atoms with Crippen molar-refractivity contribution in [1.29, 1.82) is 0 Å². The number of hydrogen-bond donors (Lipinski definition) is 1. The summed E-state index contributed by atoms with van der Waals surface area (Å²) < 4.78 is 0. The van der Waals surface area contributed by atoms with Gasteiger partial charge in [-0.15, -0.1) is 0 Å². The van der Waals surface area contributed by atoms with Crippen LogP contribution in [0.4, 0.5) is 0 Å². The van der Waals surface area contributed by atoms with Crippen molar-refractivity contribution in [2.75, 3.05) is 13.1 Å². The van der Waals surface area contributed by atoms with Crippen LogP contribution in [0.25, 0.3) is 0 Å². The smallest absolute Gasteiger partial charge is 0.0769 e. The summed E-state index contributed by atoms with van der Waals surface area (Å²) in [5.41, 5.74) is -0.741. The molecule has 84 valence electrons. The van der Waals surface area contributed by atoms with Crippen LogP contribution >= 0.6 is 0 Å². The van der Waals surface area contributed by atoms with Crippen molar-refractivity contribution >= 4 is 0 Å². The van der Waals surface area contributed by atoms with E-state index < -0.39 is 5.60 Å². The van der Waals surface area contributed by atoms with Gasteiger partial charge in [0.15, 0.2) is 0 Å². The molecule has 1 rings (SSSR count). The van der Waals surface area contributed by atoms with E-state index in [0.29, 0.717) is 0 Å². The zero-order chi connectivity index (χ0) is 10.8. The molecular weight excluding hydrogens is 174 g/mol. The second kappa shape index (κ2) is 4.19. The first kappa shape index (κ1) is 12.0. The second-order valence-corrected chi connectivity index (χ2v) is 5.52. The normalized spacial score (nSPS) is 22.1. The molecule has 0 spiro atoms. The van der Waals surface area contributed by atoms with Crippen molar-refractivity contribution in [2.24, 2.45) is 0 Å².